The van der Waals surface area contributed by atoms with Gasteiger partial charge in [0.2, 0.25) is 0 Å². The average molecular weight is 214 g/mol. The molecule has 1 heterocycles. The van der Waals surface area contributed by atoms with Crippen molar-refractivity contribution in [3.8, 4) is 0 Å². The summed E-state index contributed by atoms with van der Waals surface area (Å²) in [6.07, 6.45) is 3.03. The summed E-state index contributed by atoms with van der Waals surface area (Å²) in [5, 5.41) is 3.54. The smallest absolute Gasteiger partial charge is 0.0693 e. The average Bonchev–Trinajstić information content (AvgIpc) is 2.77. The molecule has 3 atom stereocenters. The molecule has 1 rings (SSSR count). The van der Waals surface area contributed by atoms with Gasteiger partial charge in [-0.15, -0.1) is 0 Å². The summed E-state index contributed by atoms with van der Waals surface area (Å²) in [6, 6.07) is 1.08. The third-order valence-corrected chi connectivity index (χ3v) is 3.58. The Hall–Kier alpha value is -0.120. The van der Waals surface area contributed by atoms with Gasteiger partial charge in [0.15, 0.2) is 0 Å². The van der Waals surface area contributed by atoms with E-state index in [1.807, 2.05) is 0 Å². The lowest BCUT2D eigenvalue weighted by molar-refractivity contribution is 0.0857. The van der Waals surface area contributed by atoms with Crippen molar-refractivity contribution in [1.82, 2.24) is 10.2 Å². The van der Waals surface area contributed by atoms with Gasteiger partial charge in [0.1, 0.15) is 0 Å². The van der Waals surface area contributed by atoms with Crippen LogP contribution in [0, 0.1) is 0 Å². The summed E-state index contributed by atoms with van der Waals surface area (Å²) < 4.78 is 5.29. The minimum absolute atomic E-state index is 0.288. The Bertz CT molecular complexity index is 169. The van der Waals surface area contributed by atoms with Gasteiger partial charge in [0.05, 0.1) is 6.10 Å². The van der Waals surface area contributed by atoms with Crippen molar-refractivity contribution in [2.45, 2.75) is 51.8 Å². The number of hydrogen-bond donors (Lipinski definition) is 1. The van der Waals surface area contributed by atoms with E-state index < -0.39 is 0 Å². The molecule has 3 heteroatoms. The second-order valence-corrected chi connectivity index (χ2v) is 4.73. The van der Waals surface area contributed by atoms with Crippen molar-refractivity contribution in [2.24, 2.45) is 0 Å². The van der Waals surface area contributed by atoms with Crippen LogP contribution in [0.25, 0.3) is 0 Å². The fourth-order valence-electron chi connectivity index (χ4n) is 2.04. The third kappa shape index (κ3) is 4.09. The second kappa shape index (κ2) is 6.46. The highest BCUT2D eigenvalue weighted by Crippen LogP contribution is 2.11. The molecule has 3 unspecified atom stereocenters. The maximum atomic E-state index is 5.29. The minimum atomic E-state index is 0.288. The van der Waals surface area contributed by atoms with Gasteiger partial charge in [-0.1, -0.05) is 0 Å². The van der Waals surface area contributed by atoms with Gasteiger partial charge in [0.25, 0.3) is 0 Å². The topological polar surface area (TPSA) is 24.5 Å². The van der Waals surface area contributed by atoms with Gasteiger partial charge >= 0.3 is 0 Å². The lowest BCUT2D eigenvalue weighted by atomic mass is 10.2. The Balaban J connectivity index is 2.17. The quantitative estimate of drug-likeness (QED) is 0.725. The van der Waals surface area contributed by atoms with Crippen LogP contribution in [0.1, 0.15) is 33.6 Å². The highest BCUT2D eigenvalue weighted by molar-refractivity contribution is 4.77. The molecular formula is C12H26N2O. The number of rotatable bonds is 6. The molecule has 1 fully saturated rings. The maximum Gasteiger partial charge on any atom is 0.0693 e. The lowest BCUT2D eigenvalue weighted by Gasteiger charge is -2.27. The number of hydrogen-bond acceptors (Lipinski definition) is 3. The predicted molar refractivity (Wildman–Crippen MR) is 64.2 cm³/mol. The normalized spacial score (nSPS) is 24.0. The zero-order valence-corrected chi connectivity index (χ0v) is 10.6. The van der Waals surface area contributed by atoms with Gasteiger partial charge in [0, 0.05) is 25.7 Å². The van der Waals surface area contributed by atoms with Gasteiger partial charge in [-0.3, -0.25) is 4.90 Å². The van der Waals surface area contributed by atoms with Crippen LogP contribution in [0.2, 0.25) is 0 Å². The largest absolute Gasteiger partial charge is 0.380 e. The van der Waals surface area contributed by atoms with Crippen LogP contribution in [0.5, 0.6) is 0 Å². The van der Waals surface area contributed by atoms with Crippen molar-refractivity contribution in [2.75, 3.05) is 26.7 Å². The maximum absolute atomic E-state index is 5.29. The van der Waals surface area contributed by atoms with Crippen LogP contribution in [0.15, 0.2) is 0 Å². The molecule has 1 aliphatic rings. The van der Waals surface area contributed by atoms with E-state index in [2.05, 4.69) is 31.0 Å². The van der Waals surface area contributed by atoms with E-state index in [9.17, 15) is 0 Å². The SMILES string of the molecule is COC(C)C(C)NCC(C)N1CCCC1. The summed E-state index contributed by atoms with van der Waals surface area (Å²) in [5.74, 6) is 0. The van der Waals surface area contributed by atoms with E-state index in [-0.39, 0.29) is 6.10 Å². The van der Waals surface area contributed by atoms with Crippen LogP contribution in [-0.2, 0) is 4.74 Å². The molecule has 0 amide bonds. The number of nitrogens with one attached hydrogen (secondary N) is 1. The van der Waals surface area contributed by atoms with Crippen LogP contribution < -0.4 is 5.32 Å². The standard InChI is InChI=1S/C12H26N2O/c1-10(14-7-5-6-8-14)9-13-11(2)12(3)15-4/h10-13H,5-9H2,1-4H3. The first-order valence-electron chi connectivity index (χ1n) is 6.15. The molecule has 1 saturated heterocycles. The molecule has 0 saturated carbocycles. The number of likely N-dealkylation sites (tertiary alicyclic amines) is 1. The molecule has 3 nitrogen and oxygen atoms in total. The van der Waals surface area contributed by atoms with Crippen LogP contribution in [0.3, 0.4) is 0 Å². The van der Waals surface area contributed by atoms with Gasteiger partial charge in [-0.25, -0.2) is 0 Å². The molecule has 90 valence electrons. The molecule has 1 N–H and O–H groups in total. The van der Waals surface area contributed by atoms with Crippen LogP contribution >= 0.6 is 0 Å². The van der Waals surface area contributed by atoms with Crippen molar-refractivity contribution >= 4 is 0 Å². The van der Waals surface area contributed by atoms with Crippen molar-refractivity contribution < 1.29 is 4.74 Å². The molecule has 0 radical (unpaired) electrons. The molecule has 0 aromatic carbocycles. The summed E-state index contributed by atoms with van der Waals surface area (Å²) in [5.41, 5.74) is 0. The first-order valence-corrected chi connectivity index (χ1v) is 6.15. The number of ether oxygens (including phenoxy) is 1. The van der Waals surface area contributed by atoms with Gasteiger partial charge in [-0.05, 0) is 46.7 Å². The zero-order chi connectivity index (χ0) is 11.3. The van der Waals surface area contributed by atoms with E-state index in [4.69, 9.17) is 4.74 Å². The highest BCUT2D eigenvalue weighted by Gasteiger charge is 2.19. The Labute approximate surface area is 94.2 Å². The second-order valence-electron chi connectivity index (χ2n) is 4.73. The number of nitrogens with zero attached hydrogens (tertiary/aromatic N) is 1. The molecule has 0 aliphatic carbocycles. The van der Waals surface area contributed by atoms with E-state index in [0.29, 0.717) is 12.1 Å². The van der Waals surface area contributed by atoms with Crippen LogP contribution in [0.4, 0.5) is 0 Å². The molecule has 1 aliphatic heterocycles. The lowest BCUT2D eigenvalue weighted by Crippen LogP contribution is -2.45. The summed E-state index contributed by atoms with van der Waals surface area (Å²) in [4.78, 5) is 2.57. The van der Waals surface area contributed by atoms with Gasteiger partial charge < -0.3 is 10.1 Å². The van der Waals surface area contributed by atoms with Crippen LogP contribution in [-0.4, -0.2) is 49.8 Å². The summed E-state index contributed by atoms with van der Waals surface area (Å²) in [7, 11) is 1.77. The monoisotopic (exact) mass is 214 g/mol. The Morgan fingerprint density at radius 3 is 2.33 bits per heavy atom. The molecular weight excluding hydrogens is 188 g/mol. The third-order valence-electron chi connectivity index (χ3n) is 3.58. The molecule has 0 spiro atoms. The van der Waals surface area contributed by atoms with Crippen molar-refractivity contribution in [3.05, 3.63) is 0 Å². The van der Waals surface area contributed by atoms with Crippen molar-refractivity contribution in [3.63, 3.8) is 0 Å². The van der Waals surface area contributed by atoms with E-state index in [1.54, 1.807) is 7.11 Å². The Morgan fingerprint density at radius 2 is 1.80 bits per heavy atom. The number of methoxy groups -OCH3 is 1. The predicted octanol–water partition coefficient (Wildman–Crippen LogP) is 1.48. The summed E-state index contributed by atoms with van der Waals surface area (Å²) in [6.45, 7) is 10.2. The van der Waals surface area contributed by atoms with E-state index in [1.165, 1.54) is 25.9 Å². The fraction of sp³-hybridized carbons (Fsp3) is 1.00. The van der Waals surface area contributed by atoms with Gasteiger partial charge in [-0.2, -0.15) is 0 Å². The molecule has 15 heavy (non-hydrogen) atoms. The zero-order valence-electron chi connectivity index (χ0n) is 10.6. The van der Waals surface area contributed by atoms with Crippen molar-refractivity contribution in [1.29, 1.82) is 0 Å². The highest BCUT2D eigenvalue weighted by atomic mass is 16.5. The molecule has 0 aromatic rings. The Morgan fingerprint density at radius 1 is 1.20 bits per heavy atom. The minimum Gasteiger partial charge on any atom is -0.380 e. The molecule has 0 bridgehead atoms. The van der Waals surface area contributed by atoms with E-state index >= 15 is 0 Å². The first kappa shape index (κ1) is 12.9. The Kier molecular flexibility index (Phi) is 5.58. The first-order chi connectivity index (χ1) is 7.15. The van der Waals surface area contributed by atoms with E-state index in [0.717, 1.165) is 6.54 Å². The molecule has 0 aromatic heterocycles. The fourth-order valence-corrected chi connectivity index (χ4v) is 2.04. The summed E-state index contributed by atoms with van der Waals surface area (Å²) >= 11 is 0.